The maximum absolute atomic E-state index is 13.0. The van der Waals surface area contributed by atoms with Gasteiger partial charge in [0.05, 0.1) is 13.7 Å². The Morgan fingerprint density at radius 3 is 2.32 bits per heavy atom. The van der Waals surface area contributed by atoms with E-state index in [9.17, 15) is 18.3 Å². The molecule has 7 nitrogen and oxygen atoms in total. The number of ether oxygens (including phenoxy) is 2. The molecule has 0 saturated heterocycles. The molecule has 0 amide bonds. The summed E-state index contributed by atoms with van der Waals surface area (Å²) in [5, 5.41) is 10.7. The number of nitrogens with one attached hydrogen (secondary N) is 1. The van der Waals surface area contributed by atoms with Crippen LogP contribution in [0.1, 0.15) is 29.7 Å². The molecular weight excluding hydrogens is 382 g/mol. The van der Waals surface area contributed by atoms with Gasteiger partial charge in [0.1, 0.15) is 22.8 Å². The van der Waals surface area contributed by atoms with Crippen molar-refractivity contribution >= 4 is 16.0 Å². The molecule has 2 atom stereocenters. The smallest absolute Gasteiger partial charge is 0.327 e. The molecule has 0 radical (unpaired) electrons. The number of benzene rings is 2. The van der Waals surface area contributed by atoms with Crippen LogP contribution in [0.4, 0.5) is 0 Å². The van der Waals surface area contributed by atoms with Crippen LogP contribution in [0.5, 0.6) is 5.75 Å². The number of aryl methyl sites for hydroxylation is 2. The van der Waals surface area contributed by atoms with Crippen LogP contribution in [0.2, 0.25) is 0 Å². The van der Waals surface area contributed by atoms with Gasteiger partial charge >= 0.3 is 5.97 Å². The predicted molar refractivity (Wildman–Crippen MR) is 105 cm³/mol. The Morgan fingerprint density at radius 1 is 1.14 bits per heavy atom. The minimum atomic E-state index is -4.19. The van der Waals surface area contributed by atoms with Crippen molar-refractivity contribution in [1.82, 2.24) is 4.72 Å². The molecule has 2 unspecified atom stereocenters. The van der Waals surface area contributed by atoms with Crippen molar-refractivity contribution in [1.29, 1.82) is 0 Å². The number of carbonyl (C=O) groups excluding carboxylic acids is 1. The standard InChI is InChI=1S/C20H25NO6S/c1-5-27-20(23)18(19(22)15-9-7-6-8-10-15)21-28(24,25)17-12-14(3)13(2)11-16(17)26-4/h6-12,18-19,21-22H,5H2,1-4H3. The van der Waals surface area contributed by atoms with E-state index in [1.807, 2.05) is 6.92 Å². The molecule has 0 bridgehead atoms. The van der Waals surface area contributed by atoms with Crippen LogP contribution < -0.4 is 9.46 Å². The van der Waals surface area contributed by atoms with Crippen molar-refractivity contribution in [2.75, 3.05) is 13.7 Å². The van der Waals surface area contributed by atoms with E-state index in [1.54, 1.807) is 50.2 Å². The van der Waals surface area contributed by atoms with Crippen LogP contribution in [-0.2, 0) is 19.6 Å². The molecule has 0 aliphatic heterocycles. The SMILES string of the molecule is CCOC(=O)C(NS(=O)(=O)c1cc(C)c(C)cc1OC)C(O)c1ccccc1. The highest BCUT2D eigenvalue weighted by atomic mass is 32.2. The van der Waals surface area contributed by atoms with Gasteiger partial charge in [-0.3, -0.25) is 4.79 Å². The highest BCUT2D eigenvalue weighted by Gasteiger charge is 2.35. The molecule has 2 rings (SSSR count). The molecule has 8 heteroatoms. The second-order valence-electron chi connectivity index (χ2n) is 6.29. The number of aliphatic hydroxyl groups excluding tert-OH is 1. The number of carbonyl (C=O) groups is 1. The van der Waals surface area contributed by atoms with Gasteiger partial charge < -0.3 is 14.6 Å². The van der Waals surface area contributed by atoms with E-state index in [1.165, 1.54) is 13.2 Å². The fourth-order valence-corrected chi connectivity index (χ4v) is 4.10. The lowest BCUT2D eigenvalue weighted by Gasteiger charge is -2.23. The van der Waals surface area contributed by atoms with E-state index < -0.39 is 28.1 Å². The lowest BCUT2D eigenvalue weighted by Crippen LogP contribution is -2.46. The Bertz CT molecular complexity index is 927. The van der Waals surface area contributed by atoms with Crippen molar-refractivity contribution in [3.05, 3.63) is 59.2 Å². The van der Waals surface area contributed by atoms with Crippen LogP contribution in [0, 0.1) is 13.8 Å². The normalized spacial score (nSPS) is 13.6. The van der Waals surface area contributed by atoms with Gasteiger partial charge in [0, 0.05) is 0 Å². The Hall–Kier alpha value is -2.42. The summed E-state index contributed by atoms with van der Waals surface area (Å²) in [6, 6.07) is 9.87. The van der Waals surface area contributed by atoms with Gasteiger partial charge in [0.2, 0.25) is 10.0 Å². The number of aliphatic hydroxyl groups is 1. The second kappa shape index (κ2) is 9.18. The molecule has 0 saturated carbocycles. The summed E-state index contributed by atoms with van der Waals surface area (Å²) in [4.78, 5) is 12.3. The minimum Gasteiger partial charge on any atom is -0.495 e. The quantitative estimate of drug-likeness (QED) is 0.651. The second-order valence-corrected chi connectivity index (χ2v) is 7.98. The van der Waals surface area contributed by atoms with Crippen molar-refractivity contribution in [3.8, 4) is 5.75 Å². The Kier molecular flexibility index (Phi) is 7.17. The van der Waals surface area contributed by atoms with Crippen molar-refractivity contribution in [3.63, 3.8) is 0 Å². The highest BCUT2D eigenvalue weighted by molar-refractivity contribution is 7.89. The van der Waals surface area contributed by atoms with Gasteiger partial charge in [-0.15, -0.1) is 0 Å². The highest BCUT2D eigenvalue weighted by Crippen LogP contribution is 2.28. The third-order valence-corrected chi connectivity index (χ3v) is 5.81. The van der Waals surface area contributed by atoms with Gasteiger partial charge in [-0.25, -0.2) is 8.42 Å². The summed E-state index contributed by atoms with van der Waals surface area (Å²) in [6.45, 7) is 5.26. The zero-order valence-electron chi connectivity index (χ0n) is 16.3. The summed E-state index contributed by atoms with van der Waals surface area (Å²) in [7, 11) is -2.83. The molecule has 0 aliphatic carbocycles. The number of methoxy groups -OCH3 is 1. The van der Waals surface area contributed by atoms with E-state index >= 15 is 0 Å². The lowest BCUT2D eigenvalue weighted by molar-refractivity contribution is -0.148. The van der Waals surface area contributed by atoms with Crippen molar-refractivity contribution in [2.24, 2.45) is 0 Å². The number of hydrogen-bond donors (Lipinski definition) is 2. The predicted octanol–water partition coefficient (Wildman–Crippen LogP) is 2.26. The number of sulfonamides is 1. The van der Waals surface area contributed by atoms with E-state index in [2.05, 4.69) is 4.72 Å². The molecule has 152 valence electrons. The van der Waals surface area contributed by atoms with Crippen LogP contribution in [0.3, 0.4) is 0 Å². The third kappa shape index (κ3) is 4.89. The van der Waals surface area contributed by atoms with Crippen LogP contribution in [0.25, 0.3) is 0 Å². The molecule has 2 N–H and O–H groups in total. The first-order chi connectivity index (χ1) is 13.2. The molecular formula is C20H25NO6S. The van der Waals surface area contributed by atoms with Crippen LogP contribution >= 0.6 is 0 Å². The zero-order chi connectivity index (χ0) is 20.9. The Morgan fingerprint density at radius 2 is 1.75 bits per heavy atom. The Labute approximate surface area is 165 Å². The summed E-state index contributed by atoms with van der Waals surface area (Å²) >= 11 is 0. The molecule has 0 aromatic heterocycles. The maximum atomic E-state index is 13.0. The van der Waals surface area contributed by atoms with E-state index in [0.29, 0.717) is 5.56 Å². The molecule has 2 aromatic rings. The fraction of sp³-hybridized carbons (Fsp3) is 0.350. The van der Waals surface area contributed by atoms with Gasteiger partial charge in [0.25, 0.3) is 0 Å². The Balaban J connectivity index is 2.46. The molecule has 2 aromatic carbocycles. The summed E-state index contributed by atoms with van der Waals surface area (Å²) in [5.41, 5.74) is 2.00. The third-order valence-electron chi connectivity index (χ3n) is 4.35. The summed E-state index contributed by atoms with van der Waals surface area (Å²) in [5.74, 6) is -0.724. The average Bonchev–Trinajstić information content (AvgIpc) is 2.68. The first kappa shape index (κ1) is 21.9. The van der Waals surface area contributed by atoms with Crippen molar-refractivity contribution in [2.45, 2.75) is 37.8 Å². The lowest BCUT2D eigenvalue weighted by atomic mass is 10.0. The topological polar surface area (TPSA) is 102 Å². The van der Waals surface area contributed by atoms with Gasteiger partial charge in [-0.1, -0.05) is 30.3 Å². The van der Waals surface area contributed by atoms with Crippen LogP contribution in [0.15, 0.2) is 47.4 Å². The summed E-state index contributed by atoms with van der Waals surface area (Å²) < 4.78 is 38.5. The van der Waals surface area contributed by atoms with Crippen LogP contribution in [-0.4, -0.2) is 39.3 Å². The first-order valence-electron chi connectivity index (χ1n) is 8.78. The number of hydrogen-bond acceptors (Lipinski definition) is 6. The number of esters is 1. The van der Waals surface area contributed by atoms with Crippen molar-refractivity contribution < 1.29 is 27.8 Å². The van der Waals surface area contributed by atoms with E-state index in [-0.39, 0.29) is 17.3 Å². The molecule has 28 heavy (non-hydrogen) atoms. The molecule has 0 heterocycles. The molecule has 0 fully saturated rings. The fourth-order valence-electron chi connectivity index (χ4n) is 2.68. The average molecular weight is 407 g/mol. The van der Waals surface area contributed by atoms with Gasteiger partial charge in [-0.05, 0) is 49.6 Å². The monoisotopic (exact) mass is 407 g/mol. The van der Waals surface area contributed by atoms with E-state index in [4.69, 9.17) is 9.47 Å². The molecule has 0 spiro atoms. The number of rotatable bonds is 8. The first-order valence-corrected chi connectivity index (χ1v) is 10.3. The van der Waals surface area contributed by atoms with Gasteiger partial charge in [0.15, 0.2) is 0 Å². The molecule has 0 aliphatic rings. The largest absolute Gasteiger partial charge is 0.495 e. The zero-order valence-corrected chi connectivity index (χ0v) is 17.1. The van der Waals surface area contributed by atoms with Gasteiger partial charge in [-0.2, -0.15) is 4.72 Å². The summed E-state index contributed by atoms with van der Waals surface area (Å²) in [6.07, 6.45) is -1.42. The van der Waals surface area contributed by atoms with E-state index in [0.717, 1.165) is 11.1 Å². The minimum absolute atomic E-state index is 0.0472. The maximum Gasteiger partial charge on any atom is 0.327 e.